The maximum atomic E-state index is 13.8. The number of anilines is 1. The molecule has 0 aliphatic carbocycles. The van der Waals surface area contributed by atoms with Crippen LogP contribution in [-0.4, -0.2) is 28.3 Å². The van der Waals surface area contributed by atoms with E-state index >= 15 is 0 Å². The van der Waals surface area contributed by atoms with Crippen LogP contribution in [-0.2, 0) is 9.53 Å². The molecule has 1 aliphatic rings. The number of benzene rings is 1. The van der Waals surface area contributed by atoms with Crippen molar-refractivity contribution in [1.29, 1.82) is 0 Å². The number of imidazole rings is 1. The molecule has 0 unspecified atom stereocenters. The lowest BCUT2D eigenvalue weighted by atomic mass is 9.96. The SMILES string of the molecule is CCOC(=O)C1=C(C(F)(F)F)Nc2nc3ccccc3n2[C@H]1c1ccoc1. The molecule has 9 heteroatoms. The number of hydrogen-bond donors (Lipinski definition) is 1. The molecule has 1 N–H and O–H groups in total. The number of rotatable bonds is 3. The van der Waals surface area contributed by atoms with Crippen molar-refractivity contribution in [2.75, 3.05) is 11.9 Å². The fraction of sp³-hybridized carbons (Fsp3) is 0.222. The van der Waals surface area contributed by atoms with Crippen molar-refractivity contribution in [3.05, 3.63) is 59.7 Å². The maximum absolute atomic E-state index is 13.8. The van der Waals surface area contributed by atoms with Crippen LogP contribution in [0.4, 0.5) is 19.1 Å². The van der Waals surface area contributed by atoms with Crippen LogP contribution < -0.4 is 5.32 Å². The molecule has 0 spiro atoms. The summed E-state index contributed by atoms with van der Waals surface area (Å²) in [4.78, 5) is 16.8. The number of aromatic nitrogens is 2. The summed E-state index contributed by atoms with van der Waals surface area (Å²) in [6.07, 6.45) is -2.15. The van der Waals surface area contributed by atoms with E-state index in [0.29, 0.717) is 16.6 Å². The molecular formula is C18H14F3N3O3. The Hall–Kier alpha value is -3.23. The average molecular weight is 377 g/mol. The van der Waals surface area contributed by atoms with Crippen LogP contribution in [0, 0.1) is 0 Å². The number of nitrogens with zero attached hydrogens (tertiary/aromatic N) is 2. The Kier molecular flexibility index (Phi) is 3.94. The normalized spacial score (nSPS) is 17.0. The predicted molar refractivity (Wildman–Crippen MR) is 89.9 cm³/mol. The van der Waals surface area contributed by atoms with E-state index in [1.807, 2.05) is 0 Å². The molecule has 0 amide bonds. The van der Waals surface area contributed by atoms with E-state index in [4.69, 9.17) is 9.15 Å². The van der Waals surface area contributed by atoms with Crippen LogP contribution in [0.5, 0.6) is 0 Å². The Morgan fingerprint density at radius 2 is 2.11 bits per heavy atom. The fourth-order valence-corrected chi connectivity index (χ4v) is 3.23. The van der Waals surface area contributed by atoms with Gasteiger partial charge in [0.15, 0.2) is 0 Å². The molecule has 0 fully saturated rings. The Morgan fingerprint density at radius 3 is 2.78 bits per heavy atom. The second kappa shape index (κ2) is 6.19. The van der Waals surface area contributed by atoms with Gasteiger partial charge in [-0.15, -0.1) is 0 Å². The Bertz CT molecular complexity index is 1040. The van der Waals surface area contributed by atoms with Gasteiger partial charge in [0.25, 0.3) is 0 Å². The summed E-state index contributed by atoms with van der Waals surface area (Å²) < 4.78 is 52.9. The molecule has 3 heterocycles. The standard InChI is InChI=1S/C18H14F3N3O3/c1-2-27-16(25)13-14(10-7-8-26-9-10)24-12-6-4-3-5-11(12)22-17(24)23-15(13)18(19,20)21/h3-9,14H,2H2,1H3,(H,22,23)/t14-/m0/s1. The van der Waals surface area contributed by atoms with Gasteiger partial charge in [0, 0.05) is 5.56 Å². The summed E-state index contributed by atoms with van der Waals surface area (Å²) in [5.41, 5.74) is -0.267. The maximum Gasteiger partial charge on any atom is 0.431 e. The summed E-state index contributed by atoms with van der Waals surface area (Å²) >= 11 is 0. The molecule has 1 aliphatic heterocycles. The highest BCUT2D eigenvalue weighted by Gasteiger charge is 2.46. The van der Waals surface area contributed by atoms with E-state index in [1.165, 1.54) is 25.5 Å². The molecule has 1 atom stereocenters. The van der Waals surface area contributed by atoms with Crippen molar-refractivity contribution in [3.63, 3.8) is 0 Å². The Morgan fingerprint density at radius 1 is 1.33 bits per heavy atom. The van der Waals surface area contributed by atoms with Gasteiger partial charge in [-0.3, -0.25) is 4.57 Å². The zero-order valence-corrected chi connectivity index (χ0v) is 14.1. The highest BCUT2D eigenvalue weighted by atomic mass is 19.4. The second-order valence-corrected chi connectivity index (χ2v) is 5.89. The lowest BCUT2D eigenvalue weighted by Crippen LogP contribution is -2.35. The van der Waals surface area contributed by atoms with Crippen LogP contribution in [0.3, 0.4) is 0 Å². The van der Waals surface area contributed by atoms with Crippen molar-refractivity contribution in [2.45, 2.75) is 19.1 Å². The lowest BCUT2D eigenvalue weighted by Gasteiger charge is -2.30. The van der Waals surface area contributed by atoms with Gasteiger partial charge in [-0.25, -0.2) is 9.78 Å². The van der Waals surface area contributed by atoms with E-state index in [2.05, 4.69) is 10.3 Å². The number of alkyl halides is 3. The second-order valence-electron chi connectivity index (χ2n) is 5.89. The number of halogens is 3. The van der Waals surface area contributed by atoms with Gasteiger partial charge >= 0.3 is 12.1 Å². The molecule has 0 saturated heterocycles. The van der Waals surface area contributed by atoms with Crippen LogP contribution in [0.25, 0.3) is 11.0 Å². The first-order chi connectivity index (χ1) is 12.9. The lowest BCUT2D eigenvalue weighted by molar-refractivity contribution is -0.140. The van der Waals surface area contributed by atoms with Crippen LogP contribution in [0.1, 0.15) is 18.5 Å². The van der Waals surface area contributed by atoms with Crippen LogP contribution in [0.2, 0.25) is 0 Å². The number of furan rings is 1. The van der Waals surface area contributed by atoms with Crippen molar-refractivity contribution < 1.29 is 27.1 Å². The number of esters is 1. The number of nitrogens with one attached hydrogen (secondary N) is 1. The Balaban J connectivity index is 2.04. The molecule has 3 aromatic rings. The third-order valence-electron chi connectivity index (χ3n) is 4.27. The first kappa shape index (κ1) is 17.2. The van der Waals surface area contributed by atoms with Gasteiger partial charge in [0.2, 0.25) is 5.95 Å². The van der Waals surface area contributed by atoms with Crippen LogP contribution >= 0.6 is 0 Å². The van der Waals surface area contributed by atoms with Gasteiger partial charge < -0.3 is 14.5 Å². The third kappa shape index (κ3) is 2.75. The molecule has 1 aromatic carbocycles. The number of para-hydroxylation sites is 2. The number of fused-ring (bicyclic) bond motifs is 3. The van der Waals surface area contributed by atoms with E-state index in [-0.39, 0.29) is 12.6 Å². The van der Waals surface area contributed by atoms with Gasteiger partial charge in [0.05, 0.1) is 41.8 Å². The molecular weight excluding hydrogens is 363 g/mol. The summed E-state index contributed by atoms with van der Waals surface area (Å²) in [7, 11) is 0. The van der Waals surface area contributed by atoms with Crippen molar-refractivity contribution >= 4 is 23.0 Å². The van der Waals surface area contributed by atoms with Gasteiger partial charge in [-0.2, -0.15) is 13.2 Å². The number of carbonyl (C=O) groups is 1. The number of hydrogen-bond acceptors (Lipinski definition) is 5. The molecule has 0 bridgehead atoms. The predicted octanol–water partition coefficient (Wildman–Crippen LogP) is 4.02. The van der Waals surface area contributed by atoms with Crippen molar-refractivity contribution in [3.8, 4) is 0 Å². The van der Waals surface area contributed by atoms with Gasteiger partial charge in [-0.1, -0.05) is 12.1 Å². The zero-order chi connectivity index (χ0) is 19.2. The summed E-state index contributed by atoms with van der Waals surface area (Å²) in [6.45, 7) is 1.48. The van der Waals surface area contributed by atoms with E-state index in [0.717, 1.165) is 0 Å². The molecule has 4 rings (SSSR count). The van der Waals surface area contributed by atoms with E-state index < -0.39 is 29.5 Å². The number of ether oxygens (including phenoxy) is 1. The number of allylic oxidation sites excluding steroid dienone is 1. The largest absolute Gasteiger partial charge is 0.472 e. The number of carbonyl (C=O) groups excluding carboxylic acids is 1. The molecule has 140 valence electrons. The van der Waals surface area contributed by atoms with Gasteiger partial charge in [0.1, 0.15) is 5.70 Å². The minimum absolute atomic E-state index is 0.0113. The van der Waals surface area contributed by atoms with Crippen LogP contribution in [0.15, 0.2) is 58.5 Å². The first-order valence-electron chi connectivity index (χ1n) is 8.16. The van der Waals surface area contributed by atoms with Crippen molar-refractivity contribution in [1.82, 2.24) is 9.55 Å². The third-order valence-corrected chi connectivity index (χ3v) is 4.27. The zero-order valence-electron chi connectivity index (χ0n) is 14.1. The van der Waals surface area contributed by atoms with E-state index in [9.17, 15) is 18.0 Å². The average Bonchev–Trinajstić information content (AvgIpc) is 3.27. The molecule has 2 aromatic heterocycles. The molecule has 6 nitrogen and oxygen atoms in total. The highest BCUT2D eigenvalue weighted by Crippen LogP contribution is 2.43. The van der Waals surface area contributed by atoms with Crippen molar-refractivity contribution in [2.24, 2.45) is 0 Å². The monoisotopic (exact) mass is 377 g/mol. The summed E-state index contributed by atoms with van der Waals surface area (Å²) in [5, 5.41) is 2.28. The Labute approximate surface area is 151 Å². The van der Waals surface area contributed by atoms with Gasteiger partial charge in [-0.05, 0) is 25.1 Å². The minimum atomic E-state index is -4.80. The first-order valence-corrected chi connectivity index (χ1v) is 8.16. The molecule has 27 heavy (non-hydrogen) atoms. The minimum Gasteiger partial charge on any atom is -0.472 e. The fourth-order valence-electron chi connectivity index (χ4n) is 3.23. The summed E-state index contributed by atoms with van der Waals surface area (Å²) in [6, 6.07) is 7.31. The topological polar surface area (TPSA) is 69.3 Å². The smallest absolute Gasteiger partial charge is 0.431 e. The summed E-state index contributed by atoms with van der Waals surface area (Å²) in [5.74, 6) is -1.06. The van der Waals surface area contributed by atoms with E-state index in [1.54, 1.807) is 28.8 Å². The highest BCUT2D eigenvalue weighted by molar-refractivity contribution is 5.94. The molecule has 0 saturated carbocycles. The molecule has 0 radical (unpaired) electrons. The quantitative estimate of drug-likeness (QED) is 0.698.